The summed E-state index contributed by atoms with van der Waals surface area (Å²) in [5.74, 6) is 1.34. The molecule has 6 rings (SSSR count). The third kappa shape index (κ3) is 7.47. The Morgan fingerprint density at radius 2 is 1.64 bits per heavy atom. The number of methoxy groups -OCH3 is 2. The van der Waals surface area contributed by atoms with Crippen LogP contribution in [0.3, 0.4) is 0 Å². The fraction of sp³-hybridized carbons (Fsp3) is 0.375. The average Bonchev–Trinajstić information content (AvgIpc) is 3.75. The van der Waals surface area contributed by atoms with Crippen molar-refractivity contribution in [2.75, 3.05) is 20.8 Å². The number of aromatic nitrogens is 4. The maximum atomic E-state index is 12.7. The van der Waals surface area contributed by atoms with Crippen molar-refractivity contribution in [3.8, 4) is 17.2 Å². The summed E-state index contributed by atoms with van der Waals surface area (Å²) in [6, 6.07) is 30.2. The van der Waals surface area contributed by atoms with Crippen LogP contribution in [0.25, 0.3) is 5.69 Å². The normalized spacial score (nSPS) is 19.7. The lowest BCUT2D eigenvalue weighted by Crippen LogP contribution is -2.50. The number of aliphatic hydroxyl groups is 1. The highest BCUT2D eigenvalue weighted by Gasteiger charge is 2.50. The van der Waals surface area contributed by atoms with E-state index >= 15 is 0 Å². The minimum atomic E-state index is -2.02. The van der Waals surface area contributed by atoms with Crippen LogP contribution in [0.15, 0.2) is 108 Å². The number of ether oxygens (including phenoxy) is 3. The van der Waals surface area contributed by atoms with Gasteiger partial charge in [-0.05, 0) is 78.2 Å². The zero-order valence-corrected chi connectivity index (χ0v) is 30.6. The highest BCUT2D eigenvalue weighted by molar-refractivity contribution is 6.91. The van der Waals surface area contributed by atoms with Crippen molar-refractivity contribution < 1.29 is 19.3 Å². The van der Waals surface area contributed by atoms with E-state index in [9.17, 15) is 9.90 Å². The largest absolute Gasteiger partial charge is 0.497 e. The van der Waals surface area contributed by atoms with Crippen molar-refractivity contribution in [1.82, 2.24) is 19.6 Å². The molecule has 3 aromatic carbocycles. The molecule has 1 saturated heterocycles. The Morgan fingerprint density at radius 3 is 2.32 bits per heavy atom. The molecule has 9 nitrogen and oxygen atoms in total. The lowest BCUT2D eigenvalue weighted by atomic mass is 9.95. The smallest absolute Gasteiger partial charge is 0.297 e. The number of hydrogen-bond donors (Lipinski definition) is 1. The molecule has 0 amide bonds. The molecular weight excluding hydrogens is 645 g/mol. The molecule has 1 fully saturated rings. The van der Waals surface area contributed by atoms with Gasteiger partial charge in [0.05, 0.1) is 52.7 Å². The van der Waals surface area contributed by atoms with Crippen molar-refractivity contribution in [3.05, 3.63) is 131 Å². The molecule has 5 aromatic rings. The molecule has 1 N–H and O–H groups in total. The van der Waals surface area contributed by atoms with Gasteiger partial charge in [0, 0.05) is 24.6 Å². The second-order valence-electron chi connectivity index (χ2n) is 13.8. The number of nitrogens with zero attached hydrogens (tertiary/aromatic N) is 4. The lowest BCUT2D eigenvalue weighted by molar-refractivity contribution is 0.0250. The number of aliphatic hydroxyl groups excluding tert-OH is 1. The molecule has 0 spiro atoms. The van der Waals surface area contributed by atoms with Gasteiger partial charge in [0.1, 0.15) is 5.75 Å². The molecular formula is C40H48N4O5Si. The second kappa shape index (κ2) is 15.6. The van der Waals surface area contributed by atoms with E-state index in [0.29, 0.717) is 23.8 Å². The molecule has 5 atom stereocenters. The van der Waals surface area contributed by atoms with Crippen LogP contribution in [0.1, 0.15) is 42.5 Å². The van der Waals surface area contributed by atoms with Gasteiger partial charge in [-0.25, -0.2) is 0 Å². The van der Waals surface area contributed by atoms with Crippen molar-refractivity contribution in [2.45, 2.75) is 69.5 Å². The molecule has 3 heterocycles. The Kier molecular flexibility index (Phi) is 11.0. The summed E-state index contributed by atoms with van der Waals surface area (Å²) < 4.78 is 21.2. The predicted octanol–water partition coefficient (Wildman–Crippen LogP) is 5.98. The molecule has 0 aliphatic carbocycles. The SMILES string of the molecule is COc1ccc([Si](C)(C)[C@@H]2[C@@H](C)[C@@H](CCc3ccc(-n4cccc(OC)c4=O)cc3)O[C@H]2CCn2cc(C(CO)c3ccccc3)nn2)cc1. The number of pyridine rings is 1. The summed E-state index contributed by atoms with van der Waals surface area (Å²) in [4.78, 5) is 12.7. The maximum Gasteiger partial charge on any atom is 0.297 e. The van der Waals surface area contributed by atoms with Crippen LogP contribution >= 0.6 is 0 Å². The van der Waals surface area contributed by atoms with Gasteiger partial charge in [-0.2, -0.15) is 0 Å². The number of benzene rings is 3. The Morgan fingerprint density at radius 1 is 0.900 bits per heavy atom. The van der Waals surface area contributed by atoms with Crippen LogP contribution in [-0.2, 0) is 17.7 Å². The van der Waals surface area contributed by atoms with Gasteiger partial charge in [-0.3, -0.25) is 14.0 Å². The van der Waals surface area contributed by atoms with E-state index in [-0.39, 0.29) is 30.3 Å². The molecule has 0 radical (unpaired) electrons. The molecule has 50 heavy (non-hydrogen) atoms. The van der Waals surface area contributed by atoms with E-state index in [2.05, 4.69) is 66.7 Å². The van der Waals surface area contributed by atoms with E-state index in [4.69, 9.17) is 14.2 Å². The minimum absolute atomic E-state index is 0.0282. The van der Waals surface area contributed by atoms with Crippen LogP contribution in [0.5, 0.6) is 11.5 Å². The Labute approximate surface area is 295 Å². The van der Waals surface area contributed by atoms with Gasteiger partial charge in [0.2, 0.25) is 0 Å². The summed E-state index contributed by atoms with van der Waals surface area (Å²) in [5, 5.41) is 20.5. The minimum Gasteiger partial charge on any atom is -0.497 e. The number of rotatable bonds is 14. The van der Waals surface area contributed by atoms with Crippen LogP contribution in [0, 0.1) is 5.92 Å². The van der Waals surface area contributed by atoms with Gasteiger partial charge < -0.3 is 19.3 Å². The van der Waals surface area contributed by atoms with Crippen molar-refractivity contribution >= 4 is 13.3 Å². The molecule has 0 saturated carbocycles. The predicted molar refractivity (Wildman–Crippen MR) is 199 cm³/mol. The molecule has 10 heteroatoms. The highest BCUT2D eigenvalue weighted by Crippen LogP contribution is 2.46. The van der Waals surface area contributed by atoms with Gasteiger partial charge >= 0.3 is 0 Å². The molecule has 262 valence electrons. The van der Waals surface area contributed by atoms with E-state index in [0.717, 1.165) is 42.0 Å². The van der Waals surface area contributed by atoms with E-state index in [1.807, 2.05) is 59.4 Å². The van der Waals surface area contributed by atoms with E-state index in [1.165, 1.54) is 17.9 Å². The zero-order chi connectivity index (χ0) is 35.3. The first-order chi connectivity index (χ1) is 24.2. The molecule has 0 bridgehead atoms. The molecule has 1 unspecified atom stereocenters. The molecule has 1 aliphatic rings. The first-order valence-electron chi connectivity index (χ1n) is 17.4. The van der Waals surface area contributed by atoms with Crippen LogP contribution in [0.2, 0.25) is 18.6 Å². The quantitative estimate of drug-likeness (QED) is 0.143. The van der Waals surface area contributed by atoms with Gasteiger partial charge in [-0.1, -0.05) is 85.0 Å². The van der Waals surface area contributed by atoms with Crippen LogP contribution in [0.4, 0.5) is 0 Å². The third-order valence-electron chi connectivity index (χ3n) is 10.6. The Bertz CT molecular complexity index is 1890. The Balaban J connectivity index is 1.18. The summed E-state index contributed by atoms with van der Waals surface area (Å²) >= 11 is 0. The Hall–Kier alpha value is -4.51. The summed E-state index contributed by atoms with van der Waals surface area (Å²) in [5.41, 5.74) is 4.02. The maximum absolute atomic E-state index is 12.7. The molecule has 2 aromatic heterocycles. The van der Waals surface area contributed by atoms with E-state index < -0.39 is 8.07 Å². The fourth-order valence-electron chi connectivity index (χ4n) is 7.78. The topological polar surface area (TPSA) is 101 Å². The van der Waals surface area contributed by atoms with Crippen LogP contribution < -0.4 is 20.2 Å². The summed E-state index contributed by atoms with van der Waals surface area (Å²) in [7, 11) is 1.20. The average molecular weight is 693 g/mol. The molecule has 1 aliphatic heterocycles. The lowest BCUT2D eigenvalue weighted by Gasteiger charge is -2.36. The summed E-state index contributed by atoms with van der Waals surface area (Å²) in [6.45, 7) is 7.95. The van der Waals surface area contributed by atoms with Gasteiger partial charge in [-0.15, -0.1) is 5.10 Å². The number of aryl methyl sites for hydroxylation is 2. The number of hydrogen-bond acceptors (Lipinski definition) is 7. The van der Waals surface area contributed by atoms with Crippen molar-refractivity contribution in [2.24, 2.45) is 5.92 Å². The third-order valence-corrected chi connectivity index (χ3v) is 15.0. The van der Waals surface area contributed by atoms with E-state index in [1.54, 1.807) is 23.9 Å². The second-order valence-corrected chi connectivity index (χ2v) is 18.5. The summed E-state index contributed by atoms with van der Waals surface area (Å²) in [6.07, 6.45) is 6.50. The van der Waals surface area contributed by atoms with Crippen LogP contribution in [-0.4, -0.2) is 65.8 Å². The van der Waals surface area contributed by atoms with Crippen molar-refractivity contribution in [1.29, 1.82) is 0 Å². The zero-order valence-electron chi connectivity index (χ0n) is 29.6. The van der Waals surface area contributed by atoms with Gasteiger partial charge in [0.15, 0.2) is 5.75 Å². The first-order valence-corrected chi connectivity index (χ1v) is 20.5. The fourth-order valence-corrected chi connectivity index (χ4v) is 11.9. The first kappa shape index (κ1) is 35.3. The monoisotopic (exact) mass is 692 g/mol. The van der Waals surface area contributed by atoms with Crippen molar-refractivity contribution in [3.63, 3.8) is 0 Å². The standard InChI is InChI=1S/C40H48N4O5Si/c1-28-36(22-15-29-13-16-31(17-14-29)44-24-9-12-38(48-3)40(44)46)49-37(39(28)50(4,5)33-20-18-32(47-2)19-21-33)23-25-43-26-35(41-42-43)34(27-45)30-10-7-6-8-11-30/h6-14,16-21,24,26,28,34,36-37,39,45H,15,22-23,25,27H2,1-5H3/t28-,34?,36+,37-,39+/m0/s1. The highest BCUT2D eigenvalue weighted by atomic mass is 28.3. The van der Waals surface area contributed by atoms with Gasteiger partial charge in [0.25, 0.3) is 5.56 Å².